The molecule has 0 fully saturated rings. The molecule has 1 aromatic heterocycles. The van der Waals surface area contributed by atoms with E-state index in [1.807, 2.05) is 0 Å². The summed E-state index contributed by atoms with van der Waals surface area (Å²) in [4.78, 5) is 26.1. The fourth-order valence-electron chi connectivity index (χ4n) is 1.39. The molecule has 0 aliphatic carbocycles. The van der Waals surface area contributed by atoms with E-state index in [9.17, 15) is 9.59 Å². The minimum atomic E-state index is -0.372. The van der Waals surface area contributed by atoms with Crippen LogP contribution in [0.4, 0.5) is 5.82 Å². The summed E-state index contributed by atoms with van der Waals surface area (Å²) in [6.45, 7) is 2.17. The molecule has 92 valence electrons. The van der Waals surface area contributed by atoms with Gasteiger partial charge in [0.1, 0.15) is 5.82 Å². The van der Waals surface area contributed by atoms with E-state index in [0.717, 1.165) is 0 Å². The zero-order chi connectivity index (χ0) is 12.8. The predicted molar refractivity (Wildman–Crippen MR) is 64.1 cm³/mol. The fourth-order valence-corrected chi connectivity index (χ4v) is 1.39. The number of hydrogen-bond acceptors (Lipinski definition) is 4. The third-order valence-corrected chi connectivity index (χ3v) is 2.12. The molecular weight excluding hydrogens is 220 g/mol. The Labute approximate surface area is 99.4 Å². The number of rotatable bonds is 5. The van der Waals surface area contributed by atoms with Crippen LogP contribution in [0.2, 0.25) is 0 Å². The first-order valence-electron chi connectivity index (χ1n) is 5.29. The molecule has 0 aromatic carbocycles. The summed E-state index contributed by atoms with van der Waals surface area (Å²) in [5.41, 5.74) is 11.7. The van der Waals surface area contributed by atoms with E-state index in [0.29, 0.717) is 30.0 Å². The van der Waals surface area contributed by atoms with Crippen LogP contribution >= 0.6 is 0 Å². The number of nitrogen functional groups attached to an aromatic ring is 1. The SMILES string of the molecule is Cc1cc(C(=O)NCCCC(N)=O)cc(N)n1. The number of aromatic nitrogens is 1. The van der Waals surface area contributed by atoms with Crippen molar-refractivity contribution in [2.75, 3.05) is 12.3 Å². The van der Waals surface area contributed by atoms with Crippen molar-refractivity contribution in [3.63, 3.8) is 0 Å². The first-order chi connectivity index (χ1) is 7.99. The number of nitrogens with two attached hydrogens (primary N) is 2. The average molecular weight is 236 g/mol. The summed E-state index contributed by atoms with van der Waals surface area (Å²) in [6.07, 6.45) is 0.790. The number of nitrogens with zero attached hydrogens (tertiary/aromatic N) is 1. The zero-order valence-corrected chi connectivity index (χ0v) is 9.69. The van der Waals surface area contributed by atoms with E-state index in [4.69, 9.17) is 11.5 Å². The van der Waals surface area contributed by atoms with Crippen LogP contribution in [0.5, 0.6) is 0 Å². The lowest BCUT2D eigenvalue weighted by atomic mass is 10.2. The van der Waals surface area contributed by atoms with Crippen LogP contribution in [-0.4, -0.2) is 23.3 Å². The molecule has 0 atom stereocenters. The summed E-state index contributed by atoms with van der Waals surface area (Å²) >= 11 is 0. The molecule has 2 amide bonds. The average Bonchev–Trinajstić information content (AvgIpc) is 2.22. The van der Waals surface area contributed by atoms with Gasteiger partial charge in [-0.15, -0.1) is 0 Å². The molecule has 5 N–H and O–H groups in total. The van der Waals surface area contributed by atoms with Crippen LogP contribution in [0.3, 0.4) is 0 Å². The number of nitrogens with one attached hydrogen (secondary N) is 1. The van der Waals surface area contributed by atoms with Crippen molar-refractivity contribution in [2.24, 2.45) is 5.73 Å². The number of aryl methyl sites for hydroxylation is 1. The van der Waals surface area contributed by atoms with Crippen LogP contribution in [0, 0.1) is 6.92 Å². The molecule has 0 radical (unpaired) electrons. The molecule has 6 heteroatoms. The van der Waals surface area contributed by atoms with Gasteiger partial charge in [-0.05, 0) is 25.5 Å². The van der Waals surface area contributed by atoms with Gasteiger partial charge in [0.25, 0.3) is 5.91 Å². The van der Waals surface area contributed by atoms with Crippen molar-refractivity contribution >= 4 is 17.6 Å². The molecule has 0 aliphatic heterocycles. The summed E-state index contributed by atoms with van der Waals surface area (Å²) in [7, 11) is 0. The summed E-state index contributed by atoms with van der Waals surface area (Å²) in [5, 5.41) is 2.68. The second kappa shape index (κ2) is 5.83. The third-order valence-electron chi connectivity index (χ3n) is 2.12. The van der Waals surface area contributed by atoms with Gasteiger partial charge in [0.2, 0.25) is 5.91 Å². The third kappa shape index (κ3) is 4.50. The Balaban J connectivity index is 2.49. The zero-order valence-electron chi connectivity index (χ0n) is 9.69. The Morgan fingerprint density at radius 1 is 1.41 bits per heavy atom. The molecule has 0 unspecified atom stereocenters. The van der Waals surface area contributed by atoms with Gasteiger partial charge in [0, 0.05) is 24.2 Å². The van der Waals surface area contributed by atoms with Crippen LogP contribution < -0.4 is 16.8 Å². The maximum Gasteiger partial charge on any atom is 0.251 e. The number of anilines is 1. The second-order valence-electron chi connectivity index (χ2n) is 3.75. The van der Waals surface area contributed by atoms with Gasteiger partial charge in [-0.3, -0.25) is 9.59 Å². The molecule has 0 aliphatic rings. The van der Waals surface area contributed by atoms with Gasteiger partial charge in [0.15, 0.2) is 0 Å². The van der Waals surface area contributed by atoms with Crippen LogP contribution in [-0.2, 0) is 4.79 Å². The molecule has 1 aromatic rings. The van der Waals surface area contributed by atoms with Crippen molar-refractivity contribution in [2.45, 2.75) is 19.8 Å². The van der Waals surface area contributed by atoms with E-state index in [1.165, 1.54) is 6.07 Å². The van der Waals surface area contributed by atoms with Gasteiger partial charge in [-0.25, -0.2) is 4.98 Å². The lowest BCUT2D eigenvalue weighted by Gasteiger charge is -2.05. The molecule has 6 nitrogen and oxygen atoms in total. The quantitative estimate of drug-likeness (QED) is 0.623. The monoisotopic (exact) mass is 236 g/mol. The number of pyridine rings is 1. The topological polar surface area (TPSA) is 111 Å². The van der Waals surface area contributed by atoms with E-state index in [1.54, 1.807) is 13.0 Å². The highest BCUT2D eigenvalue weighted by atomic mass is 16.2. The number of amides is 2. The van der Waals surface area contributed by atoms with E-state index >= 15 is 0 Å². The van der Waals surface area contributed by atoms with Crippen molar-refractivity contribution in [1.29, 1.82) is 0 Å². The van der Waals surface area contributed by atoms with E-state index in [-0.39, 0.29) is 18.2 Å². The molecule has 0 saturated heterocycles. The summed E-state index contributed by atoms with van der Waals surface area (Å²) in [6, 6.07) is 3.16. The lowest BCUT2D eigenvalue weighted by Crippen LogP contribution is -2.25. The van der Waals surface area contributed by atoms with Gasteiger partial charge in [-0.2, -0.15) is 0 Å². The largest absolute Gasteiger partial charge is 0.384 e. The molecular formula is C11H16N4O2. The van der Waals surface area contributed by atoms with Gasteiger partial charge in [-0.1, -0.05) is 0 Å². The van der Waals surface area contributed by atoms with Crippen molar-refractivity contribution in [3.8, 4) is 0 Å². The minimum absolute atomic E-state index is 0.230. The van der Waals surface area contributed by atoms with Gasteiger partial charge in [0.05, 0.1) is 0 Å². The predicted octanol–water partition coefficient (Wildman–Crippen LogP) is -0.0325. The molecule has 0 bridgehead atoms. The number of carbonyl (C=O) groups is 2. The molecule has 0 spiro atoms. The van der Waals surface area contributed by atoms with Crippen LogP contribution in [0.1, 0.15) is 28.9 Å². The molecule has 17 heavy (non-hydrogen) atoms. The van der Waals surface area contributed by atoms with Crippen molar-refractivity contribution in [3.05, 3.63) is 23.4 Å². The van der Waals surface area contributed by atoms with Crippen LogP contribution in [0.15, 0.2) is 12.1 Å². The molecule has 1 rings (SSSR count). The standard InChI is InChI=1S/C11H16N4O2/c1-7-5-8(6-9(12)15-7)11(17)14-4-2-3-10(13)16/h5-6H,2-4H2,1H3,(H2,12,15)(H2,13,16)(H,14,17). The maximum absolute atomic E-state index is 11.7. The smallest absolute Gasteiger partial charge is 0.251 e. The highest BCUT2D eigenvalue weighted by Gasteiger charge is 2.07. The van der Waals surface area contributed by atoms with Crippen molar-refractivity contribution < 1.29 is 9.59 Å². The second-order valence-corrected chi connectivity index (χ2v) is 3.75. The Hall–Kier alpha value is -2.11. The van der Waals surface area contributed by atoms with Crippen LogP contribution in [0.25, 0.3) is 0 Å². The fraction of sp³-hybridized carbons (Fsp3) is 0.364. The number of primary amides is 1. The maximum atomic E-state index is 11.7. The Bertz CT molecular complexity index is 411. The van der Waals surface area contributed by atoms with Gasteiger partial charge >= 0.3 is 0 Å². The van der Waals surface area contributed by atoms with Crippen molar-refractivity contribution in [1.82, 2.24) is 10.3 Å². The summed E-state index contributed by atoms with van der Waals surface area (Å²) in [5.74, 6) is -0.290. The molecule has 1 heterocycles. The Morgan fingerprint density at radius 2 is 2.12 bits per heavy atom. The van der Waals surface area contributed by atoms with E-state index in [2.05, 4.69) is 10.3 Å². The van der Waals surface area contributed by atoms with E-state index < -0.39 is 0 Å². The lowest BCUT2D eigenvalue weighted by molar-refractivity contribution is -0.118. The minimum Gasteiger partial charge on any atom is -0.384 e. The number of carbonyl (C=O) groups excluding carboxylic acids is 2. The molecule has 0 saturated carbocycles. The summed E-state index contributed by atoms with van der Waals surface area (Å²) < 4.78 is 0. The highest BCUT2D eigenvalue weighted by Crippen LogP contribution is 2.06. The number of hydrogen-bond donors (Lipinski definition) is 3. The normalized spacial score (nSPS) is 9.94. The van der Waals surface area contributed by atoms with Gasteiger partial charge < -0.3 is 16.8 Å². The first kappa shape index (κ1) is 13.0. The highest BCUT2D eigenvalue weighted by molar-refractivity contribution is 5.94. The Kier molecular flexibility index (Phi) is 4.45. The Morgan fingerprint density at radius 3 is 2.71 bits per heavy atom. The first-order valence-corrected chi connectivity index (χ1v) is 5.29.